The topological polar surface area (TPSA) is 21.3 Å². The molecule has 2 aliphatic heterocycles. The number of nitrogens with one attached hydrogen (secondary N) is 1. The van der Waals surface area contributed by atoms with Gasteiger partial charge in [0.15, 0.2) is 0 Å². The first-order valence-electron chi connectivity index (χ1n) is 13.5. The van der Waals surface area contributed by atoms with E-state index in [9.17, 15) is 0 Å². The molecule has 0 aliphatic carbocycles. The molecule has 30 heavy (non-hydrogen) atoms. The maximum atomic E-state index is 6.38. The standard InChI is InChI=1S/C26H53N2OS/c1-3-4-5-6-7-8-9-10-11-12-13-14-15-16-17-18-26-29-25(24-30-26)23-28(2)21-19-27-20-22-28/h25-27H,3-24H2,1-2H3/q+1. The highest BCUT2D eigenvalue weighted by atomic mass is 32.2. The smallest absolute Gasteiger partial charge is 0.117 e. The number of hydrogen-bond donors (Lipinski definition) is 1. The summed E-state index contributed by atoms with van der Waals surface area (Å²) in [6.45, 7) is 8.36. The first-order chi connectivity index (χ1) is 14.7. The average Bonchev–Trinajstić information content (AvgIpc) is 3.18. The Morgan fingerprint density at radius 1 is 0.767 bits per heavy atom. The van der Waals surface area contributed by atoms with E-state index in [0.29, 0.717) is 11.5 Å². The van der Waals surface area contributed by atoms with Crippen LogP contribution < -0.4 is 5.32 Å². The molecule has 2 aliphatic rings. The van der Waals surface area contributed by atoms with E-state index < -0.39 is 0 Å². The lowest BCUT2D eigenvalue weighted by atomic mass is 10.0. The lowest BCUT2D eigenvalue weighted by Crippen LogP contribution is -2.58. The van der Waals surface area contributed by atoms with Gasteiger partial charge in [0.1, 0.15) is 18.1 Å². The van der Waals surface area contributed by atoms with Crippen LogP contribution in [0.2, 0.25) is 0 Å². The van der Waals surface area contributed by atoms with E-state index in [0.717, 1.165) is 0 Å². The maximum absolute atomic E-state index is 6.38. The zero-order chi connectivity index (χ0) is 21.3. The number of unbranched alkanes of at least 4 members (excludes halogenated alkanes) is 14. The molecule has 0 bridgehead atoms. The molecule has 178 valence electrons. The normalized spacial score (nSPS) is 23.8. The molecule has 0 saturated carbocycles. The van der Waals surface area contributed by atoms with Gasteiger partial charge in [-0.2, -0.15) is 0 Å². The van der Waals surface area contributed by atoms with E-state index in [-0.39, 0.29) is 0 Å². The van der Waals surface area contributed by atoms with Crippen molar-refractivity contribution >= 4 is 11.8 Å². The quantitative estimate of drug-likeness (QED) is 0.188. The Labute approximate surface area is 193 Å². The van der Waals surface area contributed by atoms with Gasteiger partial charge >= 0.3 is 0 Å². The van der Waals surface area contributed by atoms with Crippen molar-refractivity contribution in [2.75, 3.05) is 45.5 Å². The number of rotatable bonds is 18. The molecule has 3 nitrogen and oxygen atoms in total. The zero-order valence-corrected chi connectivity index (χ0v) is 21.3. The molecule has 0 aromatic heterocycles. The Bertz CT molecular complexity index is 400. The molecule has 0 radical (unpaired) electrons. The third kappa shape index (κ3) is 12.3. The first-order valence-corrected chi connectivity index (χ1v) is 14.6. The molecule has 2 unspecified atom stereocenters. The third-order valence-electron chi connectivity index (χ3n) is 7.16. The van der Waals surface area contributed by atoms with E-state index >= 15 is 0 Å². The highest BCUT2D eigenvalue weighted by Gasteiger charge is 2.34. The number of nitrogens with zero attached hydrogens (tertiary/aromatic N) is 1. The molecule has 2 fully saturated rings. The maximum Gasteiger partial charge on any atom is 0.117 e. The Balaban J connectivity index is 1.32. The fraction of sp³-hybridized carbons (Fsp3) is 1.00. The van der Waals surface area contributed by atoms with Crippen molar-refractivity contribution in [1.82, 2.24) is 5.32 Å². The van der Waals surface area contributed by atoms with E-state index in [2.05, 4.69) is 31.1 Å². The number of ether oxygens (including phenoxy) is 1. The summed E-state index contributed by atoms with van der Waals surface area (Å²) in [5.41, 5.74) is 0.478. The Kier molecular flexibility index (Phi) is 14.8. The predicted octanol–water partition coefficient (Wildman–Crippen LogP) is 6.76. The van der Waals surface area contributed by atoms with Crippen molar-refractivity contribution in [3.63, 3.8) is 0 Å². The average molecular weight is 442 g/mol. The molecule has 2 saturated heterocycles. The second-order valence-corrected chi connectivity index (χ2v) is 11.5. The van der Waals surface area contributed by atoms with Gasteiger partial charge in [0.25, 0.3) is 0 Å². The van der Waals surface area contributed by atoms with Crippen molar-refractivity contribution in [3.8, 4) is 0 Å². The van der Waals surface area contributed by atoms with Gasteiger partial charge in [0.05, 0.1) is 20.1 Å². The molecule has 4 heteroatoms. The lowest BCUT2D eigenvalue weighted by Gasteiger charge is -2.39. The lowest BCUT2D eigenvalue weighted by molar-refractivity contribution is -0.913. The highest BCUT2D eigenvalue weighted by molar-refractivity contribution is 8.00. The van der Waals surface area contributed by atoms with Crippen LogP contribution in [0.5, 0.6) is 0 Å². The Morgan fingerprint density at radius 2 is 1.27 bits per heavy atom. The van der Waals surface area contributed by atoms with Gasteiger partial charge in [0.2, 0.25) is 0 Å². The molecule has 2 atom stereocenters. The molecule has 0 amide bonds. The van der Waals surface area contributed by atoms with Crippen LogP contribution in [0.25, 0.3) is 0 Å². The largest absolute Gasteiger partial charge is 0.358 e. The van der Waals surface area contributed by atoms with Gasteiger partial charge in [-0.25, -0.2) is 0 Å². The zero-order valence-electron chi connectivity index (χ0n) is 20.5. The van der Waals surface area contributed by atoms with E-state index in [1.165, 1.54) is 146 Å². The number of hydrogen-bond acceptors (Lipinski definition) is 3. The second-order valence-electron chi connectivity index (χ2n) is 10.3. The fourth-order valence-electron chi connectivity index (χ4n) is 5.05. The van der Waals surface area contributed by atoms with Crippen LogP contribution in [0.1, 0.15) is 110 Å². The molecule has 1 N–H and O–H groups in total. The van der Waals surface area contributed by atoms with Gasteiger partial charge in [-0.3, -0.25) is 0 Å². The molecular formula is C26H53N2OS+. The van der Waals surface area contributed by atoms with Crippen molar-refractivity contribution in [2.24, 2.45) is 0 Å². The number of thioether (sulfide) groups is 1. The van der Waals surface area contributed by atoms with Gasteiger partial charge in [-0.05, 0) is 12.8 Å². The van der Waals surface area contributed by atoms with Crippen molar-refractivity contribution < 1.29 is 9.22 Å². The van der Waals surface area contributed by atoms with Crippen molar-refractivity contribution in [2.45, 2.75) is 121 Å². The summed E-state index contributed by atoms with van der Waals surface area (Å²) in [6, 6.07) is 0. The van der Waals surface area contributed by atoms with Crippen LogP contribution in [0, 0.1) is 0 Å². The second kappa shape index (κ2) is 16.8. The molecule has 2 rings (SSSR count). The number of piperazine rings is 1. The Morgan fingerprint density at radius 3 is 1.80 bits per heavy atom. The van der Waals surface area contributed by atoms with E-state index in [1.807, 2.05) is 0 Å². The van der Waals surface area contributed by atoms with Gasteiger partial charge in [0, 0.05) is 18.8 Å². The van der Waals surface area contributed by atoms with E-state index in [1.54, 1.807) is 0 Å². The van der Waals surface area contributed by atoms with Crippen LogP contribution in [0.3, 0.4) is 0 Å². The highest BCUT2D eigenvalue weighted by Crippen LogP contribution is 2.30. The van der Waals surface area contributed by atoms with Crippen LogP contribution in [0.15, 0.2) is 0 Å². The number of likely N-dealkylation sites (N-methyl/N-ethyl adjacent to an activating group) is 1. The molecule has 0 aromatic rings. The molecular weight excluding hydrogens is 388 g/mol. The summed E-state index contributed by atoms with van der Waals surface area (Å²) >= 11 is 2.08. The summed E-state index contributed by atoms with van der Waals surface area (Å²) in [4.78, 5) is 0. The van der Waals surface area contributed by atoms with Gasteiger partial charge in [-0.15, -0.1) is 11.8 Å². The summed E-state index contributed by atoms with van der Waals surface area (Å²) in [7, 11) is 2.41. The summed E-state index contributed by atoms with van der Waals surface area (Å²) < 4.78 is 7.57. The first kappa shape index (κ1) is 26.5. The van der Waals surface area contributed by atoms with Gasteiger partial charge < -0.3 is 14.5 Å². The molecule has 2 heterocycles. The third-order valence-corrected chi connectivity index (χ3v) is 8.44. The summed E-state index contributed by atoms with van der Waals surface area (Å²) in [5.74, 6) is 1.21. The minimum atomic E-state index is 0.478. The van der Waals surface area contributed by atoms with E-state index in [4.69, 9.17) is 4.74 Å². The number of quaternary nitrogens is 1. The van der Waals surface area contributed by atoms with Crippen LogP contribution in [-0.2, 0) is 4.74 Å². The van der Waals surface area contributed by atoms with Crippen LogP contribution >= 0.6 is 11.8 Å². The van der Waals surface area contributed by atoms with Crippen molar-refractivity contribution in [1.29, 1.82) is 0 Å². The minimum absolute atomic E-state index is 0.478. The van der Waals surface area contributed by atoms with Crippen molar-refractivity contribution in [3.05, 3.63) is 0 Å². The monoisotopic (exact) mass is 441 g/mol. The minimum Gasteiger partial charge on any atom is -0.358 e. The van der Waals surface area contributed by atoms with Crippen LogP contribution in [0.4, 0.5) is 0 Å². The van der Waals surface area contributed by atoms with Crippen LogP contribution in [-0.4, -0.2) is 61.5 Å². The van der Waals surface area contributed by atoms with Gasteiger partial charge in [-0.1, -0.05) is 96.8 Å². The molecule has 0 spiro atoms. The molecule has 0 aromatic carbocycles. The summed E-state index contributed by atoms with van der Waals surface area (Å²) in [6.07, 6.45) is 23.4. The predicted molar refractivity (Wildman–Crippen MR) is 134 cm³/mol. The fourth-order valence-corrected chi connectivity index (χ4v) is 6.23. The summed E-state index contributed by atoms with van der Waals surface area (Å²) in [5, 5.41) is 3.48. The Hall–Kier alpha value is 0.230. The SMILES string of the molecule is CCCCCCCCCCCCCCCCCC1OC(C[N+]2(C)CCNCC2)CS1.